The highest BCUT2D eigenvalue weighted by molar-refractivity contribution is 7.92. The van der Waals surface area contributed by atoms with Crippen LogP contribution < -0.4 is 10.6 Å². The number of halogens is 1. The summed E-state index contributed by atoms with van der Waals surface area (Å²) >= 11 is 1.03. The van der Waals surface area contributed by atoms with Crippen molar-refractivity contribution in [1.29, 1.82) is 0 Å². The lowest BCUT2D eigenvalue weighted by Gasteiger charge is -2.29. The van der Waals surface area contributed by atoms with Gasteiger partial charge in [-0.15, -0.1) is 11.3 Å². The number of carbonyl (C=O) groups is 3. The number of nitrogens with one attached hydrogen (secondary N) is 2. The van der Waals surface area contributed by atoms with Crippen molar-refractivity contribution < 1.29 is 27.2 Å². The standard InChI is InChI=1S/C30H29FN4O5S2/c1-35(2)27(37)19-6-4-18(5-7-19)20-8-15-24-25(16-20)41-29(34-24)30(42(3,39)40,21-9-11-22(31)12-10-21)28(38)32-17-26(36)33-23-13-14-23/h4-12,15-16,23H,13-14,17H2,1-3H3,(H,32,38)(H,33,36). The van der Waals surface area contributed by atoms with Gasteiger partial charge in [0.25, 0.3) is 11.8 Å². The summed E-state index contributed by atoms with van der Waals surface area (Å²) in [4.78, 5) is 44.6. The predicted molar refractivity (Wildman–Crippen MR) is 159 cm³/mol. The van der Waals surface area contributed by atoms with Crippen LogP contribution in [0.1, 0.15) is 33.8 Å². The second-order valence-electron chi connectivity index (χ2n) is 10.5. The molecule has 1 fully saturated rings. The van der Waals surface area contributed by atoms with Crippen molar-refractivity contribution >= 4 is 49.1 Å². The zero-order chi connectivity index (χ0) is 30.2. The molecule has 1 aliphatic carbocycles. The van der Waals surface area contributed by atoms with Gasteiger partial charge < -0.3 is 15.5 Å². The van der Waals surface area contributed by atoms with E-state index in [9.17, 15) is 27.2 Å². The van der Waals surface area contributed by atoms with Crippen LogP contribution in [-0.4, -0.2) is 69.0 Å². The van der Waals surface area contributed by atoms with Crippen LogP contribution >= 0.6 is 11.3 Å². The van der Waals surface area contributed by atoms with Crippen molar-refractivity contribution in [1.82, 2.24) is 20.5 Å². The summed E-state index contributed by atoms with van der Waals surface area (Å²) in [5.41, 5.74) is 2.64. The van der Waals surface area contributed by atoms with Crippen LogP contribution in [0.2, 0.25) is 0 Å². The molecule has 0 radical (unpaired) electrons. The first-order valence-corrected chi connectivity index (χ1v) is 15.9. The minimum Gasteiger partial charge on any atom is -0.352 e. The van der Waals surface area contributed by atoms with Crippen molar-refractivity contribution in [3.05, 3.63) is 88.7 Å². The number of carbonyl (C=O) groups excluding carboxylic acids is 3. The summed E-state index contributed by atoms with van der Waals surface area (Å²) in [5.74, 6) is -2.11. The molecule has 5 rings (SSSR count). The van der Waals surface area contributed by atoms with Gasteiger partial charge in [-0.1, -0.05) is 30.3 Å². The van der Waals surface area contributed by atoms with Gasteiger partial charge in [0, 0.05) is 32.0 Å². The molecule has 218 valence electrons. The predicted octanol–water partition coefficient (Wildman–Crippen LogP) is 3.49. The molecule has 0 saturated heterocycles. The first-order chi connectivity index (χ1) is 19.9. The Morgan fingerprint density at radius 2 is 1.64 bits per heavy atom. The fraction of sp³-hybridized carbons (Fsp3) is 0.267. The van der Waals surface area contributed by atoms with E-state index in [4.69, 9.17) is 0 Å². The zero-order valence-corrected chi connectivity index (χ0v) is 24.8. The Balaban J connectivity index is 1.57. The molecule has 0 bridgehead atoms. The Morgan fingerprint density at radius 3 is 2.24 bits per heavy atom. The minimum atomic E-state index is -4.29. The van der Waals surface area contributed by atoms with Gasteiger partial charge in [0.1, 0.15) is 10.8 Å². The van der Waals surface area contributed by atoms with Gasteiger partial charge in [0.05, 0.1) is 16.8 Å². The number of aromatic nitrogens is 1. The van der Waals surface area contributed by atoms with Gasteiger partial charge in [-0.3, -0.25) is 14.4 Å². The van der Waals surface area contributed by atoms with Crippen molar-refractivity contribution in [2.75, 3.05) is 26.9 Å². The fourth-order valence-electron chi connectivity index (χ4n) is 4.69. The third-order valence-electron chi connectivity index (χ3n) is 7.04. The highest BCUT2D eigenvalue weighted by Gasteiger charge is 2.54. The molecular weight excluding hydrogens is 579 g/mol. The van der Waals surface area contributed by atoms with E-state index in [-0.39, 0.29) is 22.5 Å². The van der Waals surface area contributed by atoms with Gasteiger partial charge in [-0.2, -0.15) is 0 Å². The maximum Gasteiger partial charge on any atom is 0.253 e. The second kappa shape index (κ2) is 11.3. The normalized spacial score (nSPS) is 14.7. The number of fused-ring (bicyclic) bond motifs is 1. The lowest BCUT2D eigenvalue weighted by atomic mass is 9.97. The highest BCUT2D eigenvalue weighted by atomic mass is 32.2. The first kappa shape index (κ1) is 29.3. The minimum absolute atomic E-state index is 0.00642. The number of nitrogens with zero attached hydrogens (tertiary/aromatic N) is 2. The Bertz CT molecular complexity index is 1780. The largest absolute Gasteiger partial charge is 0.352 e. The second-order valence-corrected chi connectivity index (χ2v) is 13.7. The third-order valence-corrected chi connectivity index (χ3v) is 10.0. The Labute approximate surface area is 246 Å². The average Bonchev–Trinajstić information content (AvgIpc) is 3.66. The molecule has 1 atom stereocenters. The van der Waals surface area contributed by atoms with Crippen LogP contribution in [0.4, 0.5) is 4.39 Å². The lowest BCUT2D eigenvalue weighted by molar-refractivity contribution is -0.127. The van der Waals surface area contributed by atoms with Crippen LogP contribution in [0.3, 0.4) is 0 Å². The number of sulfone groups is 1. The average molecular weight is 609 g/mol. The summed E-state index contributed by atoms with van der Waals surface area (Å²) < 4.78 is 39.4. The number of amides is 3. The maximum atomic E-state index is 13.9. The van der Waals surface area contributed by atoms with E-state index in [1.54, 1.807) is 32.3 Å². The molecule has 1 aromatic heterocycles. The van der Waals surface area contributed by atoms with E-state index in [1.165, 1.54) is 17.0 Å². The molecular formula is C30H29FN4O5S2. The van der Waals surface area contributed by atoms with Crippen LogP contribution in [0.15, 0.2) is 66.7 Å². The van der Waals surface area contributed by atoms with Gasteiger partial charge >= 0.3 is 0 Å². The third kappa shape index (κ3) is 5.64. The molecule has 1 unspecified atom stereocenters. The van der Waals surface area contributed by atoms with Crippen LogP contribution in [-0.2, 0) is 24.2 Å². The summed E-state index contributed by atoms with van der Waals surface area (Å²) in [6.45, 7) is -0.421. The van der Waals surface area contributed by atoms with Gasteiger partial charge in [0.2, 0.25) is 10.7 Å². The molecule has 0 aliphatic heterocycles. The van der Waals surface area contributed by atoms with Crippen molar-refractivity contribution in [2.45, 2.75) is 23.6 Å². The molecule has 42 heavy (non-hydrogen) atoms. The monoisotopic (exact) mass is 608 g/mol. The fourth-order valence-corrected chi connectivity index (χ4v) is 7.71. The molecule has 1 saturated carbocycles. The van der Waals surface area contributed by atoms with Gasteiger partial charge in [0.15, 0.2) is 9.84 Å². The number of benzene rings is 3. The topological polar surface area (TPSA) is 126 Å². The number of hydrogen-bond acceptors (Lipinski definition) is 7. The van der Waals surface area contributed by atoms with E-state index < -0.39 is 38.8 Å². The Hall–Kier alpha value is -4.16. The SMILES string of the molecule is CN(C)C(=O)c1ccc(-c2ccc3nc(C(C(=O)NCC(=O)NC4CC4)(c4ccc(F)cc4)S(C)(=O)=O)sc3c2)cc1. The van der Waals surface area contributed by atoms with E-state index in [0.29, 0.717) is 15.8 Å². The Morgan fingerprint density at radius 1 is 1.00 bits per heavy atom. The number of hydrogen-bond donors (Lipinski definition) is 2. The summed E-state index contributed by atoms with van der Waals surface area (Å²) in [6, 6.07) is 17.2. The molecule has 0 spiro atoms. The maximum absolute atomic E-state index is 13.9. The molecule has 12 heteroatoms. The quantitative estimate of drug-likeness (QED) is 0.300. The summed E-state index contributed by atoms with van der Waals surface area (Å²) in [5, 5.41) is 5.22. The molecule has 4 aromatic rings. The molecule has 3 aromatic carbocycles. The summed E-state index contributed by atoms with van der Waals surface area (Å²) in [7, 11) is -0.932. The van der Waals surface area contributed by atoms with Crippen LogP contribution in [0.5, 0.6) is 0 Å². The van der Waals surface area contributed by atoms with Crippen molar-refractivity contribution in [3.63, 3.8) is 0 Å². The zero-order valence-electron chi connectivity index (χ0n) is 23.2. The highest BCUT2D eigenvalue weighted by Crippen LogP contribution is 2.42. The molecule has 1 heterocycles. The Kier molecular flexibility index (Phi) is 7.86. The summed E-state index contributed by atoms with van der Waals surface area (Å²) in [6.07, 6.45) is 2.64. The number of rotatable bonds is 9. The number of thiazole rings is 1. The lowest BCUT2D eigenvalue weighted by Crippen LogP contribution is -2.52. The molecule has 9 nitrogen and oxygen atoms in total. The van der Waals surface area contributed by atoms with Gasteiger partial charge in [-0.25, -0.2) is 17.8 Å². The molecule has 2 N–H and O–H groups in total. The van der Waals surface area contributed by atoms with Crippen molar-refractivity contribution in [2.24, 2.45) is 0 Å². The smallest absolute Gasteiger partial charge is 0.253 e. The molecule has 3 amide bonds. The van der Waals surface area contributed by atoms with E-state index >= 15 is 0 Å². The van der Waals surface area contributed by atoms with E-state index in [1.807, 2.05) is 24.3 Å². The van der Waals surface area contributed by atoms with Gasteiger partial charge in [-0.05, 0) is 65.9 Å². The van der Waals surface area contributed by atoms with Crippen LogP contribution in [0, 0.1) is 5.82 Å². The van der Waals surface area contributed by atoms with E-state index in [2.05, 4.69) is 15.6 Å². The van der Waals surface area contributed by atoms with Crippen molar-refractivity contribution in [3.8, 4) is 11.1 Å². The van der Waals surface area contributed by atoms with E-state index in [0.717, 1.165) is 53.7 Å². The van der Waals surface area contributed by atoms with Crippen LogP contribution in [0.25, 0.3) is 21.3 Å². The first-order valence-electron chi connectivity index (χ1n) is 13.2. The molecule has 1 aliphatic rings.